The molecule has 6 nitrogen and oxygen atoms in total. The summed E-state index contributed by atoms with van der Waals surface area (Å²) >= 11 is 0. The fraction of sp³-hybridized carbons (Fsp3) is 0. The third-order valence-electron chi connectivity index (χ3n) is 0. The second kappa shape index (κ2) is 25.1. The Balaban J connectivity index is -0.00000000750. The van der Waals surface area contributed by atoms with Gasteiger partial charge in [0.25, 0.3) is 0 Å². The Bertz CT molecular complexity index is 56.9. The van der Waals surface area contributed by atoms with E-state index in [1.807, 2.05) is 0 Å². The first kappa shape index (κ1) is 37.4. The van der Waals surface area contributed by atoms with Crippen molar-refractivity contribution >= 4 is 7.91 Å². The van der Waals surface area contributed by atoms with E-state index in [-0.39, 0.29) is 46.0 Å². The SMILES string of the molecule is O.O.O.O=P(=O)[O-].[Na+]. The summed E-state index contributed by atoms with van der Waals surface area (Å²) in [7, 11) is -3.37. The van der Waals surface area contributed by atoms with Crippen molar-refractivity contribution < 1.29 is 60.0 Å². The van der Waals surface area contributed by atoms with Crippen LogP contribution in [0.5, 0.6) is 0 Å². The normalized spacial score (nSPS) is 3.12. The van der Waals surface area contributed by atoms with Crippen molar-refractivity contribution in [1.82, 2.24) is 0 Å². The van der Waals surface area contributed by atoms with Crippen molar-refractivity contribution in [3.05, 3.63) is 0 Å². The zero-order valence-electron chi connectivity index (χ0n) is 4.17. The van der Waals surface area contributed by atoms with Crippen molar-refractivity contribution in [2.24, 2.45) is 0 Å². The molecule has 0 amide bonds. The molecule has 0 bridgehead atoms. The standard InChI is InChI=1S/Na.HO3P.3H2O/c;1-4(2)3;;;/h;(H,1,2,3);3*1H2/q+1;;;;/p-1. The Hall–Kier alpha value is 0.740. The van der Waals surface area contributed by atoms with E-state index >= 15 is 0 Å². The van der Waals surface area contributed by atoms with Gasteiger partial charge in [0.15, 0.2) is 0 Å². The van der Waals surface area contributed by atoms with Crippen LogP contribution < -0.4 is 34.5 Å². The van der Waals surface area contributed by atoms with Crippen molar-refractivity contribution in [3.63, 3.8) is 0 Å². The van der Waals surface area contributed by atoms with Gasteiger partial charge in [-0.3, -0.25) is 9.13 Å². The van der Waals surface area contributed by atoms with Gasteiger partial charge in [0.05, 0.1) is 0 Å². The molecule has 8 heavy (non-hydrogen) atoms. The zero-order chi connectivity index (χ0) is 3.58. The van der Waals surface area contributed by atoms with E-state index in [4.69, 9.17) is 14.0 Å². The van der Waals surface area contributed by atoms with Crippen LogP contribution in [0, 0.1) is 0 Å². The first-order valence-corrected chi connectivity index (χ1v) is 1.64. The third kappa shape index (κ3) is 406. The topological polar surface area (TPSA) is 152 Å². The van der Waals surface area contributed by atoms with Crippen molar-refractivity contribution in [3.8, 4) is 0 Å². The molecule has 0 aromatic rings. The third-order valence-corrected chi connectivity index (χ3v) is 0. The summed E-state index contributed by atoms with van der Waals surface area (Å²) in [6.07, 6.45) is 0. The average molecular weight is 156 g/mol. The summed E-state index contributed by atoms with van der Waals surface area (Å²) in [5, 5.41) is 0. The van der Waals surface area contributed by atoms with E-state index in [9.17, 15) is 0 Å². The summed E-state index contributed by atoms with van der Waals surface area (Å²) in [5.74, 6) is 0. The second-order valence-corrected chi connectivity index (χ2v) is 0.671. The first-order valence-electron chi connectivity index (χ1n) is 0.548. The van der Waals surface area contributed by atoms with Gasteiger partial charge in [0.2, 0.25) is 7.91 Å². The van der Waals surface area contributed by atoms with Crippen molar-refractivity contribution in [1.29, 1.82) is 0 Å². The molecular formula is H6NaO6P. The molecule has 0 saturated carbocycles. The number of hydrogen-bond acceptors (Lipinski definition) is 3. The van der Waals surface area contributed by atoms with Crippen LogP contribution in [0.2, 0.25) is 0 Å². The van der Waals surface area contributed by atoms with Crippen LogP contribution in [0.3, 0.4) is 0 Å². The van der Waals surface area contributed by atoms with Gasteiger partial charge < -0.3 is 21.3 Å². The average Bonchev–Trinajstić information content (AvgIpc) is 0.811. The predicted octanol–water partition coefficient (Wildman–Crippen LogP) is -6.04. The van der Waals surface area contributed by atoms with Crippen LogP contribution in [-0.4, -0.2) is 16.4 Å². The predicted molar refractivity (Wildman–Crippen MR) is 19.1 cm³/mol. The molecular weight excluding hydrogens is 150 g/mol. The molecule has 0 aromatic heterocycles. The van der Waals surface area contributed by atoms with E-state index in [1.54, 1.807) is 0 Å². The maximum Gasteiger partial charge on any atom is 1.00 e. The molecule has 0 aliphatic carbocycles. The van der Waals surface area contributed by atoms with Crippen molar-refractivity contribution in [2.75, 3.05) is 0 Å². The summed E-state index contributed by atoms with van der Waals surface area (Å²) in [6.45, 7) is 0. The molecule has 0 heterocycles. The first-order chi connectivity index (χ1) is 1.73. The van der Waals surface area contributed by atoms with Crippen LogP contribution >= 0.6 is 7.91 Å². The molecule has 6 N–H and O–H groups in total. The minimum Gasteiger partial charge on any atom is -0.744 e. The molecule has 0 radical (unpaired) electrons. The molecule has 0 aliphatic rings. The van der Waals surface area contributed by atoms with Gasteiger partial charge in [-0.2, -0.15) is 0 Å². The van der Waals surface area contributed by atoms with Gasteiger partial charge >= 0.3 is 29.6 Å². The van der Waals surface area contributed by atoms with Gasteiger partial charge in [0, 0.05) is 0 Å². The van der Waals surface area contributed by atoms with E-state index in [1.165, 1.54) is 0 Å². The van der Waals surface area contributed by atoms with E-state index in [0.29, 0.717) is 0 Å². The van der Waals surface area contributed by atoms with Gasteiger partial charge in [-0.25, -0.2) is 0 Å². The second-order valence-electron chi connectivity index (χ2n) is 0.224. The molecule has 48 valence electrons. The van der Waals surface area contributed by atoms with Crippen LogP contribution in [0.25, 0.3) is 0 Å². The quantitative estimate of drug-likeness (QED) is 0.253. The maximum atomic E-state index is 8.48. The van der Waals surface area contributed by atoms with E-state index in [2.05, 4.69) is 0 Å². The van der Waals surface area contributed by atoms with E-state index in [0.717, 1.165) is 0 Å². The Labute approximate surface area is 68.0 Å². The molecule has 0 spiro atoms. The molecule has 0 atom stereocenters. The Morgan fingerprint density at radius 2 is 1.00 bits per heavy atom. The van der Waals surface area contributed by atoms with Gasteiger partial charge in [-0.1, -0.05) is 0 Å². The molecule has 0 aliphatic heterocycles. The van der Waals surface area contributed by atoms with Gasteiger partial charge in [-0.05, 0) is 0 Å². The molecule has 0 fully saturated rings. The van der Waals surface area contributed by atoms with Gasteiger partial charge in [0.1, 0.15) is 0 Å². The van der Waals surface area contributed by atoms with Crippen LogP contribution in [0.1, 0.15) is 0 Å². The smallest absolute Gasteiger partial charge is 0.744 e. The molecule has 8 heteroatoms. The van der Waals surface area contributed by atoms with Gasteiger partial charge in [-0.15, -0.1) is 0 Å². The number of rotatable bonds is 0. The Kier molecular flexibility index (Phi) is 118. The summed E-state index contributed by atoms with van der Waals surface area (Å²) in [5.41, 5.74) is 0. The minimum atomic E-state index is -3.37. The monoisotopic (exact) mass is 156 g/mol. The molecule has 0 rings (SSSR count). The maximum absolute atomic E-state index is 8.48. The Morgan fingerprint density at radius 1 is 1.00 bits per heavy atom. The molecule has 0 saturated heterocycles. The molecule has 0 aromatic carbocycles. The Morgan fingerprint density at radius 3 is 1.00 bits per heavy atom. The molecule has 0 unspecified atom stereocenters. The largest absolute Gasteiger partial charge is 1.00 e. The number of hydrogen-bond donors (Lipinski definition) is 0. The summed E-state index contributed by atoms with van der Waals surface area (Å²) < 4.78 is 17.0. The summed E-state index contributed by atoms with van der Waals surface area (Å²) in [6, 6.07) is 0. The van der Waals surface area contributed by atoms with Crippen LogP contribution in [0.15, 0.2) is 0 Å². The minimum absolute atomic E-state index is 0. The van der Waals surface area contributed by atoms with Crippen LogP contribution in [-0.2, 0) is 9.13 Å². The van der Waals surface area contributed by atoms with Crippen molar-refractivity contribution in [2.45, 2.75) is 0 Å². The zero-order valence-corrected chi connectivity index (χ0v) is 7.07. The van der Waals surface area contributed by atoms with Crippen LogP contribution in [0.4, 0.5) is 0 Å². The van der Waals surface area contributed by atoms with E-state index < -0.39 is 7.91 Å². The fourth-order valence-electron chi connectivity index (χ4n) is 0. The summed E-state index contributed by atoms with van der Waals surface area (Å²) in [4.78, 5) is 8.48. The fourth-order valence-corrected chi connectivity index (χ4v) is 0.